The van der Waals surface area contributed by atoms with Crippen LogP contribution in [0.3, 0.4) is 0 Å². The maximum absolute atomic E-state index is 12.2. The quantitative estimate of drug-likeness (QED) is 0.717. The van der Waals surface area contributed by atoms with Crippen molar-refractivity contribution < 1.29 is 13.2 Å². The zero-order chi connectivity index (χ0) is 19.9. The van der Waals surface area contributed by atoms with E-state index in [4.69, 9.17) is 4.99 Å². The normalized spacial score (nSPS) is 22.8. The van der Waals surface area contributed by atoms with E-state index in [2.05, 4.69) is 31.2 Å². The monoisotopic (exact) mass is 414 g/mol. The largest absolute Gasteiger partial charge is 0.315 e. The van der Waals surface area contributed by atoms with Crippen LogP contribution in [0.25, 0.3) is 0 Å². The zero-order valence-corrected chi connectivity index (χ0v) is 17.5. The van der Waals surface area contributed by atoms with Gasteiger partial charge in [0.1, 0.15) is 0 Å². The summed E-state index contributed by atoms with van der Waals surface area (Å²) in [6.07, 6.45) is 0. The van der Waals surface area contributed by atoms with Crippen LogP contribution in [0.15, 0.2) is 53.5 Å². The van der Waals surface area contributed by atoms with Crippen LogP contribution in [0.4, 0.5) is 5.69 Å². The number of hydrogen-bond donors (Lipinski definition) is 0. The second kappa shape index (κ2) is 7.37. The van der Waals surface area contributed by atoms with Crippen LogP contribution >= 0.6 is 11.8 Å². The van der Waals surface area contributed by atoms with Crippen LogP contribution in [0.1, 0.15) is 28.4 Å². The topological polar surface area (TPSA) is 66.8 Å². The van der Waals surface area contributed by atoms with Crippen LogP contribution in [0, 0.1) is 6.92 Å². The van der Waals surface area contributed by atoms with E-state index in [1.54, 1.807) is 17.8 Å². The molecule has 28 heavy (non-hydrogen) atoms. The number of aryl methyl sites for hydroxylation is 1. The molecule has 0 radical (unpaired) electrons. The summed E-state index contributed by atoms with van der Waals surface area (Å²) >= 11 is 1.61. The molecule has 0 spiro atoms. The van der Waals surface area contributed by atoms with E-state index in [0.717, 1.165) is 16.6 Å². The second-order valence-corrected chi connectivity index (χ2v) is 10.5. The number of fused-ring (bicyclic) bond motifs is 1. The zero-order valence-electron chi connectivity index (χ0n) is 15.8. The summed E-state index contributed by atoms with van der Waals surface area (Å²) in [5, 5.41) is 0.825. The number of Topliss-reactive ketones (excluding diaryl/α,β-unsaturated/α-hetero) is 1. The Bertz CT molecular complexity index is 1050. The van der Waals surface area contributed by atoms with Gasteiger partial charge in [0.2, 0.25) is 0 Å². The standard InChI is InChI=1S/C21H22N2O3S2/c1-14-6-8-16(9-7-14)11-27-21-22-19-12-28(25,26)13-20(19)23(21)18-5-3-4-17(10-18)15(2)24/h3-10,19-20H,11-13H2,1-2H3/t19-,20+/m1/s1. The second-order valence-electron chi connectivity index (χ2n) is 7.37. The molecule has 2 aromatic carbocycles. The van der Waals surface area contributed by atoms with Gasteiger partial charge >= 0.3 is 0 Å². The number of nitrogens with zero attached hydrogens (tertiary/aromatic N) is 2. The summed E-state index contributed by atoms with van der Waals surface area (Å²) in [6.45, 7) is 3.59. The summed E-state index contributed by atoms with van der Waals surface area (Å²) in [5.41, 5.74) is 3.85. The van der Waals surface area contributed by atoms with Gasteiger partial charge < -0.3 is 4.90 Å². The van der Waals surface area contributed by atoms with Crippen molar-refractivity contribution in [3.63, 3.8) is 0 Å². The summed E-state index contributed by atoms with van der Waals surface area (Å²) < 4.78 is 24.3. The fraction of sp³-hybridized carbons (Fsp3) is 0.333. The van der Waals surface area contributed by atoms with Crippen molar-refractivity contribution in [2.24, 2.45) is 4.99 Å². The molecule has 1 fully saturated rings. The van der Waals surface area contributed by atoms with Gasteiger partial charge in [0.25, 0.3) is 0 Å². The maximum Gasteiger partial charge on any atom is 0.164 e. The van der Waals surface area contributed by atoms with E-state index < -0.39 is 9.84 Å². The number of amidine groups is 1. The predicted octanol–water partition coefficient (Wildman–Crippen LogP) is 3.47. The highest BCUT2D eigenvalue weighted by atomic mass is 32.2. The Morgan fingerprint density at radius 3 is 2.64 bits per heavy atom. The number of sulfone groups is 1. The van der Waals surface area contributed by atoms with Gasteiger partial charge in [-0.05, 0) is 31.5 Å². The average molecular weight is 415 g/mol. The molecule has 2 heterocycles. The first kappa shape index (κ1) is 19.2. The number of ketones is 1. The molecular weight excluding hydrogens is 392 g/mol. The number of benzene rings is 2. The number of carbonyl (C=O) groups is 1. The molecule has 2 atom stereocenters. The van der Waals surface area contributed by atoms with Crippen molar-refractivity contribution in [3.05, 3.63) is 65.2 Å². The third-order valence-electron chi connectivity index (χ3n) is 5.13. The molecule has 5 nitrogen and oxygen atoms in total. The number of thioether (sulfide) groups is 1. The minimum atomic E-state index is -3.09. The Labute approximate surface area is 169 Å². The lowest BCUT2D eigenvalue weighted by Crippen LogP contribution is -2.39. The van der Waals surface area contributed by atoms with Crippen LogP contribution in [-0.4, -0.2) is 43.0 Å². The van der Waals surface area contributed by atoms with Gasteiger partial charge in [-0.2, -0.15) is 0 Å². The molecule has 2 aliphatic heterocycles. The van der Waals surface area contributed by atoms with Gasteiger partial charge in [0, 0.05) is 17.0 Å². The van der Waals surface area contributed by atoms with Crippen molar-refractivity contribution in [1.82, 2.24) is 0 Å². The van der Waals surface area contributed by atoms with E-state index in [1.807, 2.05) is 23.1 Å². The molecule has 0 unspecified atom stereocenters. The summed E-state index contributed by atoms with van der Waals surface area (Å²) in [7, 11) is -3.09. The van der Waals surface area contributed by atoms with Gasteiger partial charge in [-0.1, -0.05) is 53.7 Å². The minimum Gasteiger partial charge on any atom is -0.315 e. The molecule has 1 saturated heterocycles. The Morgan fingerprint density at radius 2 is 1.93 bits per heavy atom. The Hall–Kier alpha value is -2.12. The number of anilines is 1. The van der Waals surface area contributed by atoms with Crippen molar-refractivity contribution >= 4 is 38.2 Å². The molecule has 2 aromatic rings. The lowest BCUT2D eigenvalue weighted by molar-refractivity contribution is 0.101. The maximum atomic E-state index is 12.2. The van der Waals surface area contributed by atoms with E-state index in [1.165, 1.54) is 18.1 Å². The first-order valence-electron chi connectivity index (χ1n) is 9.19. The van der Waals surface area contributed by atoms with Crippen LogP contribution in [-0.2, 0) is 15.6 Å². The van der Waals surface area contributed by atoms with Gasteiger partial charge in [-0.25, -0.2) is 8.42 Å². The fourth-order valence-corrected chi connectivity index (χ4v) is 6.56. The van der Waals surface area contributed by atoms with E-state index in [0.29, 0.717) is 5.56 Å². The number of hydrogen-bond acceptors (Lipinski definition) is 6. The molecule has 0 N–H and O–H groups in total. The third-order valence-corrected chi connectivity index (χ3v) is 7.86. The smallest absolute Gasteiger partial charge is 0.164 e. The lowest BCUT2D eigenvalue weighted by atomic mass is 10.1. The number of rotatable bonds is 4. The molecule has 0 aromatic heterocycles. The van der Waals surface area contributed by atoms with Gasteiger partial charge in [0.15, 0.2) is 20.8 Å². The highest BCUT2D eigenvalue weighted by Gasteiger charge is 2.47. The summed E-state index contributed by atoms with van der Waals surface area (Å²) in [5.74, 6) is 0.936. The fourth-order valence-electron chi connectivity index (χ4n) is 3.64. The molecule has 0 amide bonds. The van der Waals surface area contributed by atoms with Gasteiger partial charge in [-0.3, -0.25) is 9.79 Å². The first-order chi connectivity index (χ1) is 13.3. The van der Waals surface area contributed by atoms with E-state index >= 15 is 0 Å². The van der Waals surface area contributed by atoms with Crippen molar-refractivity contribution in [1.29, 1.82) is 0 Å². The Balaban J connectivity index is 1.64. The third kappa shape index (κ3) is 3.86. The highest BCUT2D eigenvalue weighted by molar-refractivity contribution is 8.13. The molecule has 0 aliphatic carbocycles. The molecule has 7 heteroatoms. The van der Waals surface area contributed by atoms with Crippen molar-refractivity contribution in [3.8, 4) is 0 Å². The molecule has 146 valence electrons. The Kier molecular flexibility index (Phi) is 5.05. The molecule has 0 bridgehead atoms. The van der Waals surface area contributed by atoms with Crippen LogP contribution in [0.5, 0.6) is 0 Å². The van der Waals surface area contributed by atoms with Crippen molar-refractivity contribution in [2.75, 3.05) is 16.4 Å². The van der Waals surface area contributed by atoms with Gasteiger partial charge in [0.05, 0.1) is 23.6 Å². The van der Waals surface area contributed by atoms with Crippen LogP contribution in [0.2, 0.25) is 0 Å². The molecule has 2 aliphatic rings. The summed E-state index contributed by atoms with van der Waals surface area (Å²) in [4.78, 5) is 18.6. The van der Waals surface area contributed by atoms with Crippen LogP contribution < -0.4 is 4.90 Å². The van der Waals surface area contributed by atoms with E-state index in [-0.39, 0.29) is 29.4 Å². The average Bonchev–Trinajstić information content (AvgIpc) is 3.12. The Morgan fingerprint density at radius 1 is 1.18 bits per heavy atom. The van der Waals surface area contributed by atoms with Crippen molar-refractivity contribution in [2.45, 2.75) is 31.7 Å². The predicted molar refractivity (Wildman–Crippen MR) is 115 cm³/mol. The molecule has 0 saturated carbocycles. The SMILES string of the molecule is CC(=O)c1cccc(N2C(SCc3ccc(C)cc3)=N[C@@H]3CS(=O)(=O)C[C@@H]32)c1. The molecular formula is C21H22N2O3S2. The number of carbonyl (C=O) groups excluding carboxylic acids is 1. The minimum absolute atomic E-state index is 0.0116. The number of aliphatic imine (C=N–C) groups is 1. The van der Waals surface area contributed by atoms with Gasteiger partial charge in [-0.15, -0.1) is 0 Å². The van der Waals surface area contributed by atoms with E-state index in [9.17, 15) is 13.2 Å². The molecule has 4 rings (SSSR count). The highest BCUT2D eigenvalue weighted by Crippen LogP contribution is 2.36. The summed E-state index contributed by atoms with van der Waals surface area (Å²) in [6, 6.07) is 15.3. The lowest BCUT2D eigenvalue weighted by Gasteiger charge is -2.26. The first-order valence-corrected chi connectivity index (χ1v) is 12.0.